The van der Waals surface area contributed by atoms with Gasteiger partial charge in [-0.25, -0.2) is 0 Å². The Morgan fingerprint density at radius 3 is 2.48 bits per heavy atom. The normalized spacial score (nSPS) is 14.5. The van der Waals surface area contributed by atoms with Gasteiger partial charge in [0.25, 0.3) is 0 Å². The van der Waals surface area contributed by atoms with Crippen LogP contribution in [0.25, 0.3) is 11.4 Å². The number of carbonyl (C=O) groups is 1. The van der Waals surface area contributed by atoms with Crippen molar-refractivity contribution in [3.8, 4) is 34.4 Å². The van der Waals surface area contributed by atoms with Gasteiger partial charge in [0.05, 0.1) is 19.0 Å². The van der Waals surface area contributed by atoms with E-state index in [9.17, 15) is 4.79 Å². The SMILES string of the molecule is Cn1c(SCC(=O)NCc2ccc3c(c2)OCCCO3)nnc1-c1ccc2c(c1)OCCO2. The van der Waals surface area contributed by atoms with Gasteiger partial charge in [-0.15, -0.1) is 10.2 Å². The first-order valence-electron chi connectivity index (χ1n) is 10.7. The highest BCUT2D eigenvalue weighted by atomic mass is 32.2. The molecule has 1 aromatic heterocycles. The van der Waals surface area contributed by atoms with Crippen LogP contribution in [0, 0.1) is 0 Å². The minimum Gasteiger partial charge on any atom is -0.490 e. The highest BCUT2D eigenvalue weighted by Crippen LogP contribution is 2.34. The van der Waals surface area contributed by atoms with Crippen molar-refractivity contribution in [3.63, 3.8) is 0 Å². The van der Waals surface area contributed by atoms with Crippen molar-refractivity contribution in [2.75, 3.05) is 32.2 Å². The zero-order valence-electron chi connectivity index (χ0n) is 18.2. The van der Waals surface area contributed by atoms with E-state index in [0.29, 0.717) is 49.7 Å². The molecule has 3 heterocycles. The molecule has 1 amide bonds. The molecule has 0 unspecified atom stereocenters. The summed E-state index contributed by atoms with van der Waals surface area (Å²) in [4.78, 5) is 12.4. The average Bonchev–Trinajstić information content (AvgIpc) is 3.05. The number of nitrogens with zero attached hydrogens (tertiary/aromatic N) is 3. The number of aromatic nitrogens is 3. The van der Waals surface area contributed by atoms with E-state index in [4.69, 9.17) is 18.9 Å². The number of hydrogen-bond acceptors (Lipinski definition) is 8. The standard InChI is InChI=1S/C23H24N4O5S/c1-27-22(16-4-6-18-20(12-16)32-10-9-31-18)25-26-23(27)33-14-21(28)24-13-15-3-5-17-19(11-15)30-8-2-7-29-17/h3-6,11-12H,2,7-10,13-14H2,1H3,(H,24,28). The van der Waals surface area contributed by atoms with Crippen molar-refractivity contribution in [1.82, 2.24) is 20.1 Å². The summed E-state index contributed by atoms with van der Waals surface area (Å²) in [6, 6.07) is 11.4. The lowest BCUT2D eigenvalue weighted by Gasteiger charge is -2.18. The van der Waals surface area contributed by atoms with E-state index in [1.54, 1.807) is 0 Å². The highest BCUT2D eigenvalue weighted by molar-refractivity contribution is 7.99. The Labute approximate surface area is 195 Å². The van der Waals surface area contributed by atoms with E-state index >= 15 is 0 Å². The van der Waals surface area contributed by atoms with Crippen LogP contribution in [0.5, 0.6) is 23.0 Å². The molecular weight excluding hydrogens is 444 g/mol. The third-order valence-corrected chi connectivity index (χ3v) is 6.29. The second-order valence-corrected chi connectivity index (χ2v) is 8.56. The summed E-state index contributed by atoms with van der Waals surface area (Å²) in [5, 5.41) is 12.1. The van der Waals surface area contributed by atoms with Crippen LogP contribution in [-0.2, 0) is 18.4 Å². The molecule has 33 heavy (non-hydrogen) atoms. The number of rotatable bonds is 6. The molecule has 0 saturated carbocycles. The highest BCUT2D eigenvalue weighted by Gasteiger charge is 2.17. The van der Waals surface area contributed by atoms with Crippen LogP contribution in [-0.4, -0.2) is 52.9 Å². The fourth-order valence-corrected chi connectivity index (χ4v) is 4.31. The monoisotopic (exact) mass is 468 g/mol. The number of benzene rings is 2. The largest absolute Gasteiger partial charge is 0.490 e. The molecule has 0 bridgehead atoms. The van der Waals surface area contributed by atoms with Crippen molar-refractivity contribution in [2.24, 2.45) is 7.05 Å². The molecule has 2 aliphatic rings. The molecule has 0 aliphatic carbocycles. The van der Waals surface area contributed by atoms with Crippen LogP contribution in [0.3, 0.4) is 0 Å². The molecule has 0 saturated heterocycles. The van der Waals surface area contributed by atoms with E-state index < -0.39 is 0 Å². The van der Waals surface area contributed by atoms with Crippen LogP contribution in [0.2, 0.25) is 0 Å². The van der Waals surface area contributed by atoms with Gasteiger partial charge >= 0.3 is 0 Å². The van der Waals surface area contributed by atoms with Crippen LogP contribution in [0.15, 0.2) is 41.6 Å². The van der Waals surface area contributed by atoms with Crippen LogP contribution < -0.4 is 24.3 Å². The fraction of sp³-hybridized carbons (Fsp3) is 0.348. The Bertz CT molecular complexity index is 1170. The first-order valence-corrected chi connectivity index (χ1v) is 11.7. The number of hydrogen-bond donors (Lipinski definition) is 1. The first-order chi connectivity index (χ1) is 16.2. The Hall–Kier alpha value is -3.40. The molecule has 10 heteroatoms. The summed E-state index contributed by atoms with van der Waals surface area (Å²) in [5.41, 5.74) is 1.83. The Morgan fingerprint density at radius 1 is 0.939 bits per heavy atom. The van der Waals surface area contributed by atoms with Gasteiger partial charge in [0.1, 0.15) is 13.2 Å². The molecule has 3 aromatic rings. The number of nitrogens with one attached hydrogen (secondary N) is 1. The average molecular weight is 469 g/mol. The maximum Gasteiger partial charge on any atom is 0.230 e. The second-order valence-electron chi connectivity index (χ2n) is 7.62. The van der Waals surface area contributed by atoms with Gasteiger partial charge in [0, 0.05) is 25.6 Å². The molecule has 1 N–H and O–H groups in total. The molecule has 9 nitrogen and oxygen atoms in total. The fourth-order valence-electron chi connectivity index (χ4n) is 3.57. The number of thioether (sulfide) groups is 1. The van der Waals surface area contributed by atoms with Gasteiger partial charge in [-0.1, -0.05) is 17.8 Å². The molecule has 2 aliphatic heterocycles. The van der Waals surface area contributed by atoms with Gasteiger partial charge < -0.3 is 28.8 Å². The number of amides is 1. The van der Waals surface area contributed by atoms with E-state index in [-0.39, 0.29) is 11.7 Å². The number of ether oxygens (including phenoxy) is 4. The maximum atomic E-state index is 12.4. The predicted octanol–water partition coefficient (Wildman–Crippen LogP) is 2.82. The molecule has 0 radical (unpaired) electrons. The third kappa shape index (κ3) is 4.85. The zero-order valence-corrected chi connectivity index (χ0v) is 19.0. The van der Waals surface area contributed by atoms with E-state index in [2.05, 4.69) is 15.5 Å². The molecular formula is C23H24N4O5S. The molecule has 2 aromatic carbocycles. The topological polar surface area (TPSA) is 96.7 Å². The Balaban J connectivity index is 1.17. The first kappa shape index (κ1) is 21.4. The van der Waals surface area contributed by atoms with Gasteiger partial charge in [-0.3, -0.25) is 4.79 Å². The van der Waals surface area contributed by atoms with Crippen molar-refractivity contribution in [2.45, 2.75) is 18.1 Å². The minimum absolute atomic E-state index is 0.0870. The van der Waals surface area contributed by atoms with E-state index in [1.807, 2.05) is 48.0 Å². The molecule has 0 fully saturated rings. The van der Waals surface area contributed by atoms with Gasteiger partial charge in [0.2, 0.25) is 5.91 Å². The summed E-state index contributed by atoms with van der Waals surface area (Å²) in [6.07, 6.45) is 0.858. The third-order valence-electron chi connectivity index (χ3n) is 5.27. The van der Waals surface area contributed by atoms with Crippen LogP contribution in [0.1, 0.15) is 12.0 Å². The second kappa shape index (κ2) is 9.62. The molecule has 0 spiro atoms. The van der Waals surface area contributed by atoms with E-state index in [0.717, 1.165) is 34.8 Å². The Morgan fingerprint density at radius 2 is 1.64 bits per heavy atom. The van der Waals surface area contributed by atoms with Crippen molar-refractivity contribution in [1.29, 1.82) is 0 Å². The summed E-state index contributed by atoms with van der Waals surface area (Å²) in [5.74, 6) is 3.74. The summed E-state index contributed by atoms with van der Waals surface area (Å²) < 4.78 is 24.5. The molecule has 172 valence electrons. The summed E-state index contributed by atoms with van der Waals surface area (Å²) in [6.45, 7) is 2.77. The quantitative estimate of drug-likeness (QED) is 0.552. The van der Waals surface area contributed by atoms with E-state index in [1.165, 1.54) is 11.8 Å². The Kier molecular flexibility index (Phi) is 6.25. The minimum atomic E-state index is -0.0870. The van der Waals surface area contributed by atoms with Crippen LogP contribution in [0.4, 0.5) is 0 Å². The molecule has 5 rings (SSSR count). The maximum absolute atomic E-state index is 12.4. The number of carbonyl (C=O) groups excluding carboxylic acids is 1. The van der Waals surface area contributed by atoms with Crippen molar-refractivity contribution in [3.05, 3.63) is 42.0 Å². The van der Waals surface area contributed by atoms with Crippen LogP contribution >= 0.6 is 11.8 Å². The summed E-state index contributed by atoms with van der Waals surface area (Å²) in [7, 11) is 1.88. The smallest absolute Gasteiger partial charge is 0.230 e. The predicted molar refractivity (Wildman–Crippen MR) is 122 cm³/mol. The zero-order chi connectivity index (χ0) is 22.6. The lowest BCUT2D eigenvalue weighted by atomic mass is 10.2. The number of fused-ring (bicyclic) bond motifs is 2. The van der Waals surface area contributed by atoms with Gasteiger partial charge in [-0.2, -0.15) is 0 Å². The van der Waals surface area contributed by atoms with Gasteiger partial charge in [0.15, 0.2) is 34.0 Å². The molecule has 0 atom stereocenters. The van der Waals surface area contributed by atoms with Gasteiger partial charge in [-0.05, 0) is 35.9 Å². The summed E-state index contributed by atoms with van der Waals surface area (Å²) >= 11 is 1.34. The van der Waals surface area contributed by atoms with Crippen molar-refractivity contribution < 1.29 is 23.7 Å². The van der Waals surface area contributed by atoms with Crippen molar-refractivity contribution >= 4 is 17.7 Å². The lowest BCUT2D eigenvalue weighted by Crippen LogP contribution is -2.24. The lowest BCUT2D eigenvalue weighted by molar-refractivity contribution is -0.118.